The molecular formula is C15H19NO4S2. The first-order valence-electron chi connectivity index (χ1n) is 6.56. The molecule has 1 aromatic rings. The van der Waals surface area contributed by atoms with Crippen molar-refractivity contribution < 1.29 is 19.1 Å². The van der Waals surface area contributed by atoms with E-state index in [0.29, 0.717) is 5.56 Å². The molecule has 0 aliphatic heterocycles. The number of hydrogen-bond donors (Lipinski definition) is 0. The first kappa shape index (κ1) is 18.6. The highest BCUT2D eigenvalue weighted by Crippen LogP contribution is 2.21. The Kier molecular flexibility index (Phi) is 7.47. The van der Waals surface area contributed by atoms with E-state index in [-0.39, 0.29) is 18.1 Å². The smallest absolute Gasteiger partial charge is 0.315 e. The molecule has 1 amide bonds. The van der Waals surface area contributed by atoms with E-state index in [1.54, 1.807) is 28.0 Å². The van der Waals surface area contributed by atoms with Gasteiger partial charge in [-0.25, -0.2) is 3.71 Å². The monoisotopic (exact) mass is 341 g/mol. The van der Waals surface area contributed by atoms with E-state index in [1.807, 2.05) is 12.5 Å². The van der Waals surface area contributed by atoms with Crippen LogP contribution in [-0.2, 0) is 20.7 Å². The summed E-state index contributed by atoms with van der Waals surface area (Å²) in [4.78, 5) is 35.4. The van der Waals surface area contributed by atoms with Crippen LogP contribution >= 0.6 is 23.9 Å². The number of amides is 1. The molecule has 22 heavy (non-hydrogen) atoms. The fourth-order valence-corrected chi connectivity index (χ4v) is 2.91. The Bertz CT molecular complexity index is 541. The molecule has 1 atom stereocenters. The van der Waals surface area contributed by atoms with Gasteiger partial charge in [0.15, 0.2) is 5.78 Å². The largest absolute Gasteiger partial charge is 0.468 e. The summed E-state index contributed by atoms with van der Waals surface area (Å²) in [5.74, 6) is -1.62. The third kappa shape index (κ3) is 4.78. The summed E-state index contributed by atoms with van der Waals surface area (Å²) in [7, 11) is 1.26. The number of Topliss-reactive ketones (excluding diaryl/α,β-unsaturated/α-hetero) is 1. The van der Waals surface area contributed by atoms with E-state index in [9.17, 15) is 14.4 Å². The van der Waals surface area contributed by atoms with Gasteiger partial charge in [0.25, 0.3) is 5.91 Å². The molecule has 0 fully saturated rings. The maximum absolute atomic E-state index is 12.1. The van der Waals surface area contributed by atoms with Crippen LogP contribution in [0.1, 0.15) is 22.8 Å². The van der Waals surface area contributed by atoms with Gasteiger partial charge in [0.1, 0.15) is 5.92 Å². The third-order valence-corrected chi connectivity index (χ3v) is 5.00. The van der Waals surface area contributed by atoms with Crippen molar-refractivity contribution in [2.75, 3.05) is 19.6 Å². The lowest BCUT2D eigenvalue weighted by Crippen LogP contribution is -2.23. The Morgan fingerprint density at radius 3 is 2.14 bits per heavy atom. The average Bonchev–Trinajstić information content (AvgIpc) is 2.54. The van der Waals surface area contributed by atoms with Crippen molar-refractivity contribution in [2.45, 2.75) is 13.3 Å². The average molecular weight is 341 g/mol. The number of ether oxygens (including phenoxy) is 1. The molecule has 0 aliphatic rings. The van der Waals surface area contributed by atoms with Crippen molar-refractivity contribution in [3.05, 3.63) is 35.4 Å². The van der Waals surface area contributed by atoms with Crippen molar-refractivity contribution in [2.24, 2.45) is 5.92 Å². The van der Waals surface area contributed by atoms with Crippen molar-refractivity contribution in [3.63, 3.8) is 0 Å². The van der Waals surface area contributed by atoms with Crippen molar-refractivity contribution in [3.8, 4) is 0 Å². The van der Waals surface area contributed by atoms with Crippen LogP contribution in [0.4, 0.5) is 0 Å². The number of benzene rings is 1. The van der Waals surface area contributed by atoms with E-state index >= 15 is 0 Å². The fourth-order valence-electron chi connectivity index (χ4n) is 1.77. The minimum atomic E-state index is -0.783. The van der Waals surface area contributed by atoms with Crippen LogP contribution in [0.25, 0.3) is 0 Å². The van der Waals surface area contributed by atoms with Gasteiger partial charge in [-0.1, -0.05) is 12.1 Å². The number of hydrogen-bond acceptors (Lipinski definition) is 6. The zero-order valence-electron chi connectivity index (χ0n) is 13.0. The summed E-state index contributed by atoms with van der Waals surface area (Å²) in [6, 6.07) is 6.84. The molecule has 0 saturated heterocycles. The first-order chi connectivity index (χ1) is 10.4. The molecule has 7 heteroatoms. The summed E-state index contributed by atoms with van der Waals surface area (Å²) in [5, 5.41) is 0. The molecule has 0 heterocycles. The number of methoxy groups -OCH3 is 1. The Morgan fingerprint density at radius 2 is 1.68 bits per heavy atom. The van der Waals surface area contributed by atoms with Crippen LogP contribution in [0, 0.1) is 5.92 Å². The van der Waals surface area contributed by atoms with Gasteiger partial charge in [-0.05, 0) is 48.5 Å². The van der Waals surface area contributed by atoms with Crippen LogP contribution in [0.5, 0.6) is 0 Å². The predicted octanol–water partition coefficient (Wildman–Crippen LogP) is 2.61. The SMILES string of the molecule is COC(=O)C(C)C(=O)Cc1ccc(C(=O)N(SC)SC)cc1. The van der Waals surface area contributed by atoms with Gasteiger partial charge in [0, 0.05) is 24.5 Å². The standard InChI is InChI=1S/C15H19NO4S2/c1-10(15(19)20-2)13(17)9-11-5-7-12(8-6-11)14(18)16(21-3)22-4/h5-8,10H,9H2,1-4H3. The number of rotatable bonds is 7. The van der Waals surface area contributed by atoms with E-state index in [0.717, 1.165) is 5.56 Å². The Balaban J connectivity index is 2.75. The second kappa shape index (κ2) is 8.85. The molecule has 0 radical (unpaired) electrons. The molecule has 120 valence electrons. The summed E-state index contributed by atoms with van der Waals surface area (Å²) in [6.45, 7) is 1.53. The zero-order chi connectivity index (χ0) is 16.7. The summed E-state index contributed by atoms with van der Waals surface area (Å²) < 4.78 is 6.13. The maximum Gasteiger partial charge on any atom is 0.315 e. The van der Waals surface area contributed by atoms with Gasteiger partial charge in [0.2, 0.25) is 0 Å². The quantitative estimate of drug-likeness (QED) is 0.431. The lowest BCUT2D eigenvalue weighted by molar-refractivity contribution is -0.148. The number of nitrogens with zero attached hydrogens (tertiary/aromatic N) is 1. The Labute approximate surface area is 139 Å². The van der Waals surface area contributed by atoms with Crippen LogP contribution in [0.3, 0.4) is 0 Å². The summed E-state index contributed by atoms with van der Waals surface area (Å²) >= 11 is 2.68. The third-order valence-electron chi connectivity index (χ3n) is 3.11. The molecule has 1 aromatic carbocycles. The number of ketones is 1. The summed E-state index contributed by atoms with van der Waals surface area (Å²) in [6.07, 6.45) is 3.80. The molecular weight excluding hydrogens is 322 g/mol. The van der Waals surface area contributed by atoms with Crippen LogP contribution in [-0.4, -0.2) is 41.0 Å². The minimum absolute atomic E-state index is 0.0965. The fraction of sp³-hybridized carbons (Fsp3) is 0.400. The number of esters is 1. The van der Waals surface area contributed by atoms with Gasteiger partial charge >= 0.3 is 5.97 Å². The molecule has 5 nitrogen and oxygen atoms in total. The van der Waals surface area contributed by atoms with Gasteiger partial charge < -0.3 is 4.74 Å². The minimum Gasteiger partial charge on any atom is -0.468 e. The lowest BCUT2D eigenvalue weighted by atomic mass is 9.99. The highest BCUT2D eigenvalue weighted by molar-refractivity contribution is 8.12. The molecule has 0 spiro atoms. The van der Waals surface area contributed by atoms with Crippen molar-refractivity contribution in [1.82, 2.24) is 3.71 Å². The number of carbonyl (C=O) groups is 3. The van der Waals surface area contributed by atoms with Gasteiger partial charge in [-0.3, -0.25) is 14.4 Å². The van der Waals surface area contributed by atoms with E-state index in [1.165, 1.54) is 37.9 Å². The molecule has 0 aromatic heterocycles. The second-order valence-electron chi connectivity index (χ2n) is 4.51. The van der Waals surface area contributed by atoms with Gasteiger partial charge in [-0.2, -0.15) is 0 Å². The van der Waals surface area contributed by atoms with E-state index < -0.39 is 11.9 Å². The maximum atomic E-state index is 12.1. The second-order valence-corrected chi connectivity index (χ2v) is 6.20. The molecule has 1 unspecified atom stereocenters. The first-order valence-corrected chi connectivity index (χ1v) is 8.93. The summed E-state index contributed by atoms with van der Waals surface area (Å²) in [5.41, 5.74) is 1.32. The molecule has 1 rings (SSSR count). The molecule has 0 aliphatic carbocycles. The highest BCUT2D eigenvalue weighted by atomic mass is 32.2. The molecule has 0 saturated carbocycles. The Hall–Kier alpha value is -1.47. The Morgan fingerprint density at radius 1 is 1.14 bits per heavy atom. The van der Waals surface area contributed by atoms with E-state index in [2.05, 4.69) is 4.74 Å². The molecule has 0 N–H and O–H groups in total. The normalized spacial score (nSPS) is 11.6. The van der Waals surface area contributed by atoms with Crippen LogP contribution < -0.4 is 0 Å². The van der Waals surface area contributed by atoms with Gasteiger partial charge in [-0.15, -0.1) is 0 Å². The zero-order valence-corrected chi connectivity index (χ0v) is 14.6. The number of carbonyl (C=O) groups excluding carboxylic acids is 3. The van der Waals surface area contributed by atoms with Crippen molar-refractivity contribution >= 4 is 41.6 Å². The van der Waals surface area contributed by atoms with E-state index in [4.69, 9.17) is 0 Å². The van der Waals surface area contributed by atoms with Gasteiger partial charge in [0.05, 0.1) is 7.11 Å². The lowest BCUT2D eigenvalue weighted by Gasteiger charge is -2.15. The molecule has 0 bridgehead atoms. The van der Waals surface area contributed by atoms with Crippen LogP contribution in [0.15, 0.2) is 24.3 Å². The predicted molar refractivity (Wildman–Crippen MR) is 89.5 cm³/mol. The van der Waals surface area contributed by atoms with Crippen molar-refractivity contribution in [1.29, 1.82) is 0 Å². The highest BCUT2D eigenvalue weighted by Gasteiger charge is 2.22. The van der Waals surface area contributed by atoms with Crippen LogP contribution in [0.2, 0.25) is 0 Å². The topological polar surface area (TPSA) is 63.7 Å².